The van der Waals surface area contributed by atoms with E-state index in [1.165, 1.54) is 12.1 Å². The van der Waals surface area contributed by atoms with Crippen LogP contribution in [0.3, 0.4) is 0 Å². The van der Waals surface area contributed by atoms with Crippen molar-refractivity contribution in [2.45, 2.75) is 43.7 Å². The van der Waals surface area contributed by atoms with Crippen LogP contribution in [0.5, 0.6) is 5.75 Å². The molecule has 0 spiro atoms. The molecule has 29 heavy (non-hydrogen) atoms. The molecule has 1 aliphatic rings. The predicted octanol–water partition coefficient (Wildman–Crippen LogP) is 2.87. The number of benzene rings is 2. The Bertz CT molecular complexity index is 955. The second-order valence-corrected chi connectivity index (χ2v) is 8.97. The van der Waals surface area contributed by atoms with E-state index in [4.69, 9.17) is 4.74 Å². The van der Waals surface area contributed by atoms with Crippen molar-refractivity contribution in [2.24, 2.45) is 0 Å². The molecule has 1 N–H and O–H groups in total. The second-order valence-electron chi connectivity index (χ2n) is 7.25. The van der Waals surface area contributed by atoms with Crippen LogP contribution in [0, 0.1) is 12.7 Å². The number of carbonyl (C=O) groups is 1. The summed E-state index contributed by atoms with van der Waals surface area (Å²) in [6.45, 7) is 4.55. The van der Waals surface area contributed by atoms with E-state index in [1.54, 1.807) is 11.8 Å². The molecule has 0 bridgehead atoms. The third-order valence-electron chi connectivity index (χ3n) is 4.90. The average Bonchev–Trinajstić information content (AvgIpc) is 2.68. The zero-order valence-corrected chi connectivity index (χ0v) is 17.3. The first kappa shape index (κ1) is 21.3. The summed E-state index contributed by atoms with van der Waals surface area (Å²) in [5.41, 5.74) is 1.05. The predicted molar refractivity (Wildman–Crippen MR) is 108 cm³/mol. The number of aryl methyl sites for hydroxylation is 1. The highest BCUT2D eigenvalue weighted by atomic mass is 32.2. The minimum absolute atomic E-state index is 0.0255. The Labute approximate surface area is 170 Å². The summed E-state index contributed by atoms with van der Waals surface area (Å²) < 4.78 is 46.3. The zero-order valence-electron chi connectivity index (χ0n) is 16.5. The number of nitrogens with zero attached hydrogens (tertiary/aromatic N) is 1. The summed E-state index contributed by atoms with van der Waals surface area (Å²) in [5, 5.41) is 0. The Morgan fingerprint density at radius 1 is 1.17 bits per heavy atom. The van der Waals surface area contributed by atoms with E-state index in [9.17, 15) is 17.6 Å². The lowest BCUT2D eigenvalue weighted by Crippen LogP contribution is -2.49. The van der Waals surface area contributed by atoms with E-state index in [2.05, 4.69) is 4.72 Å². The van der Waals surface area contributed by atoms with Crippen LogP contribution in [0.25, 0.3) is 0 Å². The lowest BCUT2D eigenvalue weighted by atomic mass is 10.1. The highest BCUT2D eigenvalue weighted by Crippen LogP contribution is 2.18. The van der Waals surface area contributed by atoms with Crippen LogP contribution < -0.4 is 9.46 Å². The molecule has 8 heteroatoms. The fourth-order valence-electron chi connectivity index (χ4n) is 3.32. The maximum Gasteiger partial charge on any atom is 0.263 e. The van der Waals surface area contributed by atoms with Gasteiger partial charge in [-0.05, 0) is 68.7 Å². The lowest BCUT2D eigenvalue weighted by Gasteiger charge is -2.33. The van der Waals surface area contributed by atoms with E-state index < -0.39 is 21.9 Å². The molecular weight excluding hydrogens is 395 g/mol. The number of rotatable bonds is 6. The normalized spacial score (nSPS) is 16.4. The fourth-order valence-corrected chi connectivity index (χ4v) is 4.62. The molecule has 3 rings (SSSR count). The number of amides is 1. The number of nitrogens with one attached hydrogen (secondary N) is 1. The molecule has 156 valence electrons. The van der Waals surface area contributed by atoms with Gasteiger partial charge in [-0.2, -0.15) is 0 Å². The molecule has 0 aromatic heterocycles. The molecule has 1 atom stereocenters. The first-order chi connectivity index (χ1) is 13.7. The maximum absolute atomic E-state index is 13.0. The number of hydrogen-bond donors (Lipinski definition) is 1. The van der Waals surface area contributed by atoms with Gasteiger partial charge in [-0.15, -0.1) is 0 Å². The third-order valence-corrected chi connectivity index (χ3v) is 6.44. The van der Waals surface area contributed by atoms with Crippen molar-refractivity contribution in [3.05, 3.63) is 59.9 Å². The topological polar surface area (TPSA) is 75.7 Å². The molecule has 1 saturated heterocycles. The summed E-state index contributed by atoms with van der Waals surface area (Å²) in [5.74, 6) is 0.0388. The molecule has 2 aromatic rings. The van der Waals surface area contributed by atoms with Crippen molar-refractivity contribution < 1.29 is 22.3 Å². The van der Waals surface area contributed by atoms with E-state index in [0.29, 0.717) is 31.7 Å². The van der Waals surface area contributed by atoms with Gasteiger partial charge in [0.1, 0.15) is 11.6 Å². The summed E-state index contributed by atoms with van der Waals surface area (Å²) in [6, 6.07) is 11.9. The molecule has 0 aliphatic carbocycles. The summed E-state index contributed by atoms with van der Waals surface area (Å²) >= 11 is 0. The van der Waals surface area contributed by atoms with Gasteiger partial charge in [0.25, 0.3) is 5.91 Å². The van der Waals surface area contributed by atoms with Gasteiger partial charge >= 0.3 is 0 Å². The van der Waals surface area contributed by atoms with Gasteiger partial charge in [0.2, 0.25) is 10.0 Å². The monoisotopic (exact) mass is 420 g/mol. The van der Waals surface area contributed by atoms with Gasteiger partial charge < -0.3 is 9.64 Å². The highest BCUT2D eigenvalue weighted by Gasteiger charge is 2.29. The van der Waals surface area contributed by atoms with Crippen LogP contribution in [0.2, 0.25) is 0 Å². The van der Waals surface area contributed by atoms with Crippen molar-refractivity contribution in [2.75, 3.05) is 13.1 Å². The number of likely N-dealkylation sites (tertiary alicyclic amines) is 1. The van der Waals surface area contributed by atoms with Gasteiger partial charge in [0, 0.05) is 19.1 Å². The van der Waals surface area contributed by atoms with Gasteiger partial charge in [-0.1, -0.05) is 12.1 Å². The number of ether oxygens (including phenoxy) is 1. The van der Waals surface area contributed by atoms with Gasteiger partial charge in [-0.3, -0.25) is 4.79 Å². The Morgan fingerprint density at radius 3 is 2.45 bits per heavy atom. The van der Waals surface area contributed by atoms with Gasteiger partial charge in [-0.25, -0.2) is 17.5 Å². The van der Waals surface area contributed by atoms with E-state index in [0.717, 1.165) is 17.7 Å². The number of hydrogen-bond acceptors (Lipinski definition) is 4. The zero-order chi connectivity index (χ0) is 21.0. The lowest BCUT2D eigenvalue weighted by molar-refractivity contribution is -0.139. The van der Waals surface area contributed by atoms with Crippen LogP contribution in [0.15, 0.2) is 53.4 Å². The van der Waals surface area contributed by atoms with Crippen LogP contribution >= 0.6 is 0 Å². The van der Waals surface area contributed by atoms with E-state index in [-0.39, 0.29) is 16.8 Å². The average molecular weight is 421 g/mol. The molecule has 0 radical (unpaired) electrons. The summed E-state index contributed by atoms with van der Waals surface area (Å²) in [6.07, 6.45) is 0.386. The standard InChI is InChI=1S/C21H25FN2O4S/c1-15-4-3-5-19(14-15)28-16(2)21(25)24-12-10-18(11-13-24)23-29(26,27)20-8-6-17(22)7-9-20/h3-9,14,16,18,23H,10-13H2,1-2H3. The smallest absolute Gasteiger partial charge is 0.263 e. The second kappa shape index (κ2) is 8.92. The Balaban J connectivity index is 1.53. The summed E-state index contributed by atoms with van der Waals surface area (Å²) in [7, 11) is -3.72. The van der Waals surface area contributed by atoms with Crippen LogP contribution in [0.1, 0.15) is 25.3 Å². The van der Waals surface area contributed by atoms with Crippen LogP contribution in [0.4, 0.5) is 4.39 Å². The third kappa shape index (κ3) is 5.55. The van der Waals surface area contributed by atoms with E-state index in [1.807, 2.05) is 31.2 Å². The number of sulfonamides is 1. The number of piperidine rings is 1. The highest BCUT2D eigenvalue weighted by molar-refractivity contribution is 7.89. The van der Waals surface area contributed by atoms with Crippen molar-refractivity contribution in [1.82, 2.24) is 9.62 Å². The van der Waals surface area contributed by atoms with Crippen molar-refractivity contribution in [1.29, 1.82) is 0 Å². The van der Waals surface area contributed by atoms with E-state index >= 15 is 0 Å². The van der Waals surface area contributed by atoms with Crippen molar-refractivity contribution in [3.63, 3.8) is 0 Å². The molecule has 2 aromatic carbocycles. The van der Waals surface area contributed by atoms with Crippen LogP contribution in [-0.2, 0) is 14.8 Å². The minimum atomic E-state index is -3.72. The van der Waals surface area contributed by atoms with Crippen molar-refractivity contribution >= 4 is 15.9 Å². The molecule has 6 nitrogen and oxygen atoms in total. The minimum Gasteiger partial charge on any atom is -0.481 e. The Hall–Kier alpha value is -2.45. The van der Waals surface area contributed by atoms with Crippen LogP contribution in [-0.4, -0.2) is 44.5 Å². The number of halogens is 1. The van der Waals surface area contributed by atoms with Gasteiger partial charge in [0.15, 0.2) is 6.10 Å². The largest absolute Gasteiger partial charge is 0.481 e. The SMILES string of the molecule is Cc1cccc(OC(C)C(=O)N2CCC(NS(=O)(=O)c3ccc(F)cc3)CC2)c1. The molecule has 1 amide bonds. The molecule has 0 saturated carbocycles. The first-order valence-electron chi connectivity index (χ1n) is 9.54. The maximum atomic E-state index is 13.0. The quantitative estimate of drug-likeness (QED) is 0.780. The molecule has 1 fully saturated rings. The Kier molecular flexibility index (Phi) is 6.54. The molecule has 1 aliphatic heterocycles. The van der Waals surface area contributed by atoms with Crippen molar-refractivity contribution in [3.8, 4) is 5.75 Å². The molecular formula is C21H25FN2O4S. The first-order valence-corrected chi connectivity index (χ1v) is 11.0. The summed E-state index contributed by atoms with van der Waals surface area (Å²) in [4.78, 5) is 14.4. The molecule has 1 unspecified atom stereocenters. The number of carbonyl (C=O) groups excluding carboxylic acids is 1. The molecule has 1 heterocycles. The fraction of sp³-hybridized carbons (Fsp3) is 0.381. The Morgan fingerprint density at radius 2 is 1.83 bits per heavy atom. The van der Waals surface area contributed by atoms with Gasteiger partial charge in [0.05, 0.1) is 4.90 Å².